The Morgan fingerprint density at radius 3 is 2.26 bits per heavy atom. The molecule has 240 valence electrons. The van der Waals surface area contributed by atoms with Gasteiger partial charge in [-0.2, -0.15) is 23.4 Å². The number of anilines is 1. The Morgan fingerprint density at radius 1 is 0.870 bits per heavy atom. The third-order valence-electron chi connectivity index (χ3n) is 8.55. The van der Waals surface area contributed by atoms with Crippen LogP contribution in [0.25, 0.3) is 5.69 Å². The summed E-state index contributed by atoms with van der Waals surface area (Å²) in [5, 5.41) is 8.24. The summed E-state index contributed by atoms with van der Waals surface area (Å²) in [5.41, 5.74) is 0.506. The zero-order valence-corrected chi connectivity index (χ0v) is 24.9. The van der Waals surface area contributed by atoms with Gasteiger partial charge in [0.05, 0.1) is 24.3 Å². The Labute approximate surface area is 261 Å². The topological polar surface area (TPSA) is 77.0 Å². The molecule has 46 heavy (non-hydrogen) atoms. The minimum absolute atomic E-state index is 0.0429. The van der Waals surface area contributed by atoms with Crippen molar-refractivity contribution in [1.82, 2.24) is 34.0 Å². The van der Waals surface area contributed by atoms with Crippen molar-refractivity contribution in [2.45, 2.75) is 38.1 Å². The molecule has 14 heteroatoms. The predicted molar refractivity (Wildman–Crippen MR) is 161 cm³/mol. The van der Waals surface area contributed by atoms with Gasteiger partial charge in [-0.3, -0.25) is 9.58 Å². The molecule has 0 radical (unpaired) electrons. The van der Waals surface area contributed by atoms with Gasteiger partial charge in [0, 0.05) is 49.9 Å². The number of rotatable bonds is 9. The molecule has 3 heterocycles. The zero-order chi connectivity index (χ0) is 32.4. The Bertz CT molecular complexity index is 1830. The SMILES string of the molecule is C[C@H]([C@@H](Cn1cncn1)c1ccc(F)cc1F)N1CCN(c2ccc(-n3cnn(Cc4ccccc4C(F)(F)F)c3=O)cc2)CC1. The van der Waals surface area contributed by atoms with E-state index in [1.54, 1.807) is 23.1 Å². The third kappa shape index (κ3) is 6.57. The fourth-order valence-corrected chi connectivity index (χ4v) is 6.03. The molecule has 1 fully saturated rings. The van der Waals surface area contributed by atoms with Crippen LogP contribution in [0.15, 0.2) is 90.5 Å². The molecule has 0 N–H and O–H groups in total. The average molecular weight is 639 g/mol. The molecule has 0 saturated carbocycles. The lowest BCUT2D eigenvalue weighted by Gasteiger charge is -2.42. The summed E-state index contributed by atoms with van der Waals surface area (Å²) in [5.74, 6) is -1.51. The molecule has 2 aromatic heterocycles. The highest BCUT2D eigenvalue weighted by Crippen LogP contribution is 2.32. The van der Waals surface area contributed by atoms with Crippen molar-refractivity contribution in [3.8, 4) is 5.69 Å². The molecule has 2 atom stereocenters. The Hall–Kier alpha value is -4.85. The van der Waals surface area contributed by atoms with Crippen LogP contribution in [-0.2, 0) is 19.3 Å². The third-order valence-corrected chi connectivity index (χ3v) is 8.55. The molecular formula is C32H31F5N8O. The average Bonchev–Trinajstić information content (AvgIpc) is 3.69. The smallest absolute Gasteiger partial charge is 0.369 e. The van der Waals surface area contributed by atoms with Crippen LogP contribution in [0.2, 0.25) is 0 Å². The summed E-state index contributed by atoms with van der Waals surface area (Å²) in [6.07, 6.45) is -0.239. The fourth-order valence-electron chi connectivity index (χ4n) is 6.03. The van der Waals surface area contributed by atoms with Gasteiger partial charge < -0.3 is 4.90 Å². The van der Waals surface area contributed by atoms with Crippen molar-refractivity contribution in [2.75, 3.05) is 31.1 Å². The van der Waals surface area contributed by atoms with E-state index < -0.39 is 29.1 Å². The number of hydrogen-bond donors (Lipinski definition) is 0. The van der Waals surface area contributed by atoms with Crippen LogP contribution in [0.1, 0.15) is 29.5 Å². The van der Waals surface area contributed by atoms with E-state index in [2.05, 4.69) is 25.0 Å². The summed E-state index contributed by atoms with van der Waals surface area (Å²) in [4.78, 5) is 21.5. The fraction of sp³-hybridized carbons (Fsp3) is 0.312. The molecule has 1 aliphatic heterocycles. The lowest BCUT2D eigenvalue weighted by Crippen LogP contribution is -2.51. The molecule has 6 rings (SSSR count). The summed E-state index contributed by atoms with van der Waals surface area (Å²) < 4.78 is 72.8. The number of piperazine rings is 1. The lowest BCUT2D eigenvalue weighted by atomic mass is 9.90. The van der Waals surface area contributed by atoms with E-state index >= 15 is 0 Å². The van der Waals surface area contributed by atoms with Crippen LogP contribution in [0.3, 0.4) is 0 Å². The molecule has 3 aromatic carbocycles. The first-order valence-corrected chi connectivity index (χ1v) is 14.7. The van der Waals surface area contributed by atoms with Crippen molar-refractivity contribution < 1.29 is 22.0 Å². The first-order chi connectivity index (χ1) is 22.1. The van der Waals surface area contributed by atoms with Gasteiger partial charge in [0.2, 0.25) is 0 Å². The van der Waals surface area contributed by atoms with Crippen molar-refractivity contribution in [2.24, 2.45) is 0 Å². The standard InChI is InChI=1S/C32H31F5N8O/c1-22(28(18-43-20-38-19-39-43)27-11-6-24(33)16-30(27)34)41-12-14-42(15-13-41)25-7-9-26(10-8-25)44-21-40-45(31(44)46)17-23-4-2-3-5-29(23)32(35,36)37/h2-11,16,19-22,28H,12-15,17-18H2,1H3/t22-,28-/m1/s1. The van der Waals surface area contributed by atoms with Crippen molar-refractivity contribution in [3.05, 3.63) is 125 Å². The largest absolute Gasteiger partial charge is 0.416 e. The van der Waals surface area contributed by atoms with Gasteiger partial charge in [0.25, 0.3) is 0 Å². The number of alkyl halides is 3. The van der Waals surface area contributed by atoms with Gasteiger partial charge in [-0.1, -0.05) is 24.3 Å². The van der Waals surface area contributed by atoms with Crippen LogP contribution in [0.5, 0.6) is 0 Å². The number of halogens is 5. The zero-order valence-electron chi connectivity index (χ0n) is 24.9. The Balaban J connectivity index is 1.12. The van der Waals surface area contributed by atoms with E-state index in [9.17, 15) is 26.7 Å². The molecular weight excluding hydrogens is 607 g/mol. The summed E-state index contributed by atoms with van der Waals surface area (Å²) in [7, 11) is 0. The van der Waals surface area contributed by atoms with Gasteiger partial charge in [-0.05, 0) is 54.4 Å². The van der Waals surface area contributed by atoms with Gasteiger partial charge >= 0.3 is 11.9 Å². The summed E-state index contributed by atoms with van der Waals surface area (Å²) in [6, 6.07) is 16.0. The predicted octanol–water partition coefficient (Wildman–Crippen LogP) is 4.97. The molecule has 0 aliphatic carbocycles. The molecule has 1 saturated heterocycles. The molecule has 1 aliphatic rings. The molecule has 5 aromatic rings. The quantitative estimate of drug-likeness (QED) is 0.213. The Morgan fingerprint density at radius 2 is 1.59 bits per heavy atom. The number of benzene rings is 3. The summed E-state index contributed by atoms with van der Waals surface area (Å²) >= 11 is 0. The molecule has 0 amide bonds. The van der Waals surface area contributed by atoms with Gasteiger partial charge in [0.15, 0.2) is 0 Å². The molecule has 9 nitrogen and oxygen atoms in total. The number of nitrogens with zero attached hydrogens (tertiary/aromatic N) is 8. The van der Waals surface area contributed by atoms with Gasteiger partial charge in [-0.25, -0.2) is 27.8 Å². The van der Waals surface area contributed by atoms with E-state index in [1.807, 2.05) is 19.1 Å². The maximum atomic E-state index is 14.9. The Kier molecular flexibility index (Phi) is 8.71. The van der Waals surface area contributed by atoms with E-state index in [4.69, 9.17) is 0 Å². The van der Waals surface area contributed by atoms with Gasteiger partial charge in [0.1, 0.15) is 30.6 Å². The first-order valence-electron chi connectivity index (χ1n) is 14.7. The highest BCUT2D eigenvalue weighted by molar-refractivity contribution is 5.51. The minimum atomic E-state index is -4.54. The highest BCUT2D eigenvalue weighted by atomic mass is 19.4. The second-order valence-electron chi connectivity index (χ2n) is 11.3. The second-order valence-corrected chi connectivity index (χ2v) is 11.3. The normalized spacial score (nSPS) is 15.7. The van der Waals surface area contributed by atoms with Crippen molar-refractivity contribution in [1.29, 1.82) is 0 Å². The van der Waals surface area contributed by atoms with Crippen LogP contribution in [0, 0.1) is 11.6 Å². The maximum Gasteiger partial charge on any atom is 0.416 e. The highest BCUT2D eigenvalue weighted by Gasteiger charge is 2.33. The van der Waals surface area contributed by atoms with Crippen LogP contribution >= 0.6 is 0 Å². The van der Waals surface area contributed by atoms with Crippen molar-refractivity contribution >= 4 is 5.69 Å². The monoisotopic (exact) mass is 638 g/mol. The molecule has 0 spiro atoms. The van der Waals surface area contributed by atoms with Crippen molar-refractivity contribution in [3.63, 3.8) is 0 Å². The van der Waals surface area contributed by atoms with E-state index in [1.165, 1.54) is 47.6 Å². The second kappa shape index (κ2) is 12.9. The van der Waals surface area contributed by atoms with E-state index in [-0.39, 0.29) is 24.1 Å². The van der Waals surface area contributed by atoms with Gasteiger partial charge in [-0.15, -0.1) is 0 Å². The number of hydrogen-bond acceptors (Lipinski definition) is 6. The molecule has 0 unspecified atom stereocenters. The summed E-state index contributed by atoms with van der Waals surface area (Å²) in [6.45, 7) is 4.90. The minimum Gasteiger partial charge on any atom is -0.369 e. The van der Waals surface area contributed by atoms with Crippen LogP contribution < -0.4 is 10.6 Å². The van der Waals surface area contributed by atoms with E-state index in [0.717, 1.165) is 22.5 Å². The van der Waals surface area contributed by atoms with Crippen LogP contribution in [-0.4, -0.2) is 66.2 Å². The number of aromatic nitrogens is 6. The lowest BCUT2D eigenvalue weighted by molar-refractivity contribution is -0.138. The van der Waals surface area contributed by atoms with Crippen LogP contribution in [0.4, 0.5) is 27.6 Å². The first kappa shape index (κ1) is 31.1. The molecule has 0 bridgehead atoms. The maximum absolute atomic E-state index is 14.9. The van der Waals surface area contributed by atoms with E-state index in [0.29, 0.717) is 44.0 Å².